The number of aromatic amines is 1. The van der Waals surface area contributed by atoms with Crippen LogP contribution in [0.3, 0.4) is 0 Å². The second kappa shape index (κ2) is 5.88. The highest BCUT2D eigenvalue weighted by molar-refractivity contribution is 6.04. The summed E-state index contributed by atoms with van der Waals surface area (Å²) in [6.45, 7) is 5.54. The molecule has 128 valence electrons. The number of fused-ring (bicyclic) bond motifs is 3. The van der Waals surface area contributed by atoms with E-state index in [1.807, 2.05) is 26.0 Å². The molecule has 0 unspecified atom stereocenters. The van der Waals surface area contributed by atoms with Gasteiger partial charge in [-0.1, -0.05) is 12.1 Å². The van der Waals surface area contributed by atoms with Crippen LogP contribution in [0.25, 0.3) is 10.9 Å². The Morgan fingerprint density at radius 2 is 2.12 bits per heavy atom. The maximum absolute atomic E-state index is 12.0. The Morgan fingerprint density at radius 1 is 1.28 bits per heavy atom. The molecule has 6 heteroatoms. The Balaban J connectivity index is 1.77. The third-order valence-electron chi connectivity index (χ3n) is 4.69. The molecule has 3 aromatic rings. The first-order valence-corrected chi connectivity index (χ1v) is 8.35. The summed E-state index contributed by atoms with van der Waals surface area (Å²) < 4.78 is 4.91. The zero-order valence-electron chi connectivity index (χ0n) is 14.6. The van der Waals surface area contributed by atoms with Crippen molar-refractivity contribution in [2.45, 2.75) is 26.8 Å². The molecule has 1 aromatic carbocycles. The molecule has 3 heterocycles. The van der Waals surface area contributed by atoms with Crippen molar-refractivity contribution in [3.8, 4) is 0 Å². The third kappa shape index (κ3) is 2.63. The number of ether oxygens (including phenoxy) is 1. The molecule has 4 rings (SSSR count). The van der Waals surface area contributed by atoms with E-state index in [0.717, 1.165) is 47.7 Å². The van der Waals surface area contributed by atoms with E-state index in [9.17, 15) is 4.79 Å². The van der Waals surface area contributed by atoms with Gasteiger partial charge in [0.25, 0.3) is 0 Å². The molecule has 6 nitrogen and oxygen atoms in total. The number of nitrogens with one attached hydrogen (secondary N) is 1. The molecule has 0 bridgehead atoms. The van der Waals surface area contributed by atoms with Crippen LogP contribution in [-0.4, -0.2) is 34.6 Å². The second-order valence-corrected chi connectivity index (χ2v) is 6.39. The van der Waals surface area contributed by atoms with E-state index < -0.39 is 0 Å². The van der Waals surface area contributed by atoms with Gasteiger partial charge >= 0.3 is 5.97 Å². The summed E-state index contributed by atoms with van der Waals surface area (Å²) in [4.78, 5) is 26.7. The predicted molar refractivity (Wildman–Crippen MR) is 95.9 cm³/mol. The van der Waals surface area contributed by atoms with E-state index in [0.29, 0.717) is 5.56 Å². The van der Waals surface area contributed by atoms with Gasteiger partial charge in [-0.15, -0.1) is 0 Å². The van der Waals surface area contributed by atoms with Gasteiger partial charge in [-0.05, 0) is 19.9 Å². The Morgan fingerprint density at radius 3 is 2.88 bits per heavy atom. The molecule has 0 fully saturated rings. The number of hydrogen-bond acceptors (Lipinski definition) is 5. The maximum atomic E-state index is 12.0. The Labute approximate surface area is 145 Å². The van der Waals surface area contributed by atoms with E-state index >= 15 is 0 Å². The number of rotatable bonds is 2. The molecule has 0 saturated heterocycles. The molecular weight excluding hydrogens is 316 g/mol. The minimum atomic E-state index is -0.317. The standard InChI is InChI=1S/C19H20N4O2/c1-11-9-17(21-12(2)20-11)23-8-7-16-15(10-23)13-5-4-6-14(18(13)22-16)19(24)25-3/h4-6,9,22H,7-8,10H2,1-3H3. The molecule has 0 saturated carbocycles. The Kier molecular flexibility index (Phi) is 3.67. The number of carbonyl (C=O) groups excluding carboxylic acids is 1. The van der Waals surface area contributed by atoms with Gasteiger partial charge in [0.1, 0.15) is 11.6 Å². The van der Waals surface area contributed by atoms with E-state index in [1.165, 1.54) is 18.4 Å². The van der Waals surface area contributed by atoms with Crippen LogP contribution in [0.5, 0.6) is 0 Å². The maximum Gasteiger partial charge on any atom is 0.339 e. The minimum Gasteiger partial charge on any atom is -0.465 e. The van der Waals surface area contributed by atoms with E-state index in [2.05, 4.69) is 25.9 Å². The molecule has 0 aliphatic carbocycles. The number of anilines is 1. The SMILES string of the molecule is COC(=O)c1cccc2c3c([nH]c12)CCN(c1cc(C)nc(C)n1)C3. The van der Waals surface area contributed by atoms with Crippen LogP contribution in [0.1, 0.15) is 33.1 Å². The average Bonchev–Trinajstić information content (AvgIpc) is 2.98. The fraction of sp³-hybridized carbons (Fsp3) is 0.316. The molecule has 2 aromatic heterocycles. The first-order valence-electron chi connectivity index (χ1n) is 8.35. The number of methoxy groups -OCH3 is 1. The van der Waals surface area contributed by atoms with Crippen LogP contribution in [0.2, 0.25) is 0 Å². The smallest absolute Gasteiger partial charge is 0.339 e. The largest absolute Gasteiger partial charge is 0.465 e. The number of hydrogen-bond donors (Lipinski definition) is 1. The van der Waals surface area contributed by atoms with Crippen LogP contribution in [0.15, 0.2) is 24.3 Å². The van der Waals surface area contributed by atoms with Gasteiger partial charge in [-0.2, -0.15) is 0 Å². The number of aromatic nitrogens is 3. The number of benzene rings is 1. The molecule has 1 N–H and O–H groups in total. The summed E-state index contributed by atoms with van der Waals surface area (Å²) in [5, 5.41) is 1.07. The lowest BCUT2D eigenvalue weighted by molar-refractivity contribution is 0.0603. The average molecular weight is 336 g/mol. The van der Waals surface area contributed by atoms with Crippen molar-refractivity contribution >= 4 is 22.7 Å². The second-order valence-electron chi connectivity index (χ2n) is 6.39. The van der Waals surface area contributed by atoms with Gasteiger partial charge < -0.3 is 14.6 Å². The zero-order chi connectivity index (χ0) is 17.6. The Hall–Kier alpha value is -2.89. The summed E-state index contributed by atoms with van der Waals surface area (Å²) in [5.74, 6) is 1.42. The van der Waals surface area contributed by atoms with E-state index in [1.54, 1.807) is 6.07 Å². The van der Waals surface area contributed by atoms with Gasteiger partial charge in [0.15, 0.2) is 0 Å². The van der Waals surface area contributed by atoms with Crippen LogP contribution < -0.4 is 4.90 Å². The lowest BCUT2D eigenvalue weighted by atomic mass is 10.0. The molecule has 0 spiro atoms. The minimum absolute atomic E-state index is 0.317. The summed E-state index contributed by atoms with van der Waals surface area (Å²) in [5.41, 5.74) is 4.82. The summed E-state index contributed by atoms with van der Waals surface area (Å²) in [6.07, 6.45) is 0.882. The molecule has 0 amide bonds. The molecule has 1 aliphatic rings. The Bertz CT molecular complexity index is 957. The normalized spacial score (nSPS) is 13.8. The van der Waals surface area contributed by atoms with Crippen molar-refractivity contribution in [1.29, 1.82) is 0 Å². The predicted octanol–water partition coefficient (Wildman–Crippen LogP) is 2.92. The van der Waals surface area contributed by atoms with Crippen molar-refractivity contribution < 1.29 is 9.53 Å². The van der Waals surface area contributed by atoms with Gasteiger partial charge in [0.05, 0.1) is 18.2 Å². The topological polar surface area (TPSA) is 71.1 Å². The molecule has 25 heavy (non-hydrogen) atoms. The number of aryl methyl sites for hydroxylation is 2. The summed E-state index contributed by atoms with van der Waals surface area (Å²) in [6, 6.07) is 7.77. The lowest BCUT2D eigenvalue weighted by Crippen LogP contribution is -2.31. The van der Waals surface area contributed by atoms with Crippen molar-refractivity contribution in [2.75, 3.05) is 18.6 Å². The van der Waals surface area contributed by atoms with Crippen LogP contribution in [0.4, 0.5) is 5.82 Å². The number of nitrogens with zero attached hydrogens (tertiary/aromatic N) is 3. The van der Waals surface area contributed by atoms with Gasteiger partial charge in [-0.3, -0.25) is 0 Å². The summed E-state index contributed by atoms with van der Waals surface area (Å²) >= 11 is 0. The highest BCUT2D eigenvalue weighted by atomic mass is 16.5. The highest BCUT2D eigenvalue weighted by Crippen LogP contribution is 2.31. The fourth-order valence-electron chi connectivity index (χ4n) is 3.57. The molecule has 0 atom stereocenters. The van der Waals surface area contributed by atoms with Gasteiger partial charge in [0.2, 0.25) is 0 Å². The zero-order valence-corrected chi connectivity index (χ0v) is 14.6. The van der Waals surface area contributed by atoms with Gasteiger partial charge in [-0.25, -0.2) is 14.8 Å². The van der Waals surface area contributed by atoms with Gasteiger partial charge in [0, 0.05) is 47.9 Å². The monoisotopic (exact) mass is 336 g/mol. The van der Waals surface area contributed by atoms with Crippen molar-refractivity contribution in [2.24, 2.45) is 0 Å². The lowest BCUT2D eigenvalue weighted by Gasteiger charge is -2.28. The van der Waals surface area contributed by atoms with Crippen molar-refractivity contribution in [1.82, 2.24) is 15.0 Å². The number of esters is 1. The van der Waals surface area contributed by atoms with Crippen LogP contribution in [-0.2, 0) is 17.7 Å². The van der Waals surface area contributed by atoms with Crippen molar-refractivity contribution in [3.63, 3.8) is 0 Å². The van der Waals surface area contributed by atoms with Crippen LogP contribution in [0, 0.1) is 13.8 Å². The number of carbonyl (C=O) groups is 1. The van der Waals surface area contributed by atoms with E-state index in [-0.39, 0.29) is 5.97 Å². The molecule has 1 aliphatic heterocycles. The molecular formula is C19H20N4O2. The number of para-hydroxylation sites is 1. The van der Waals surface area contributed by atoms with Crippen molar-refractivity contribution in [3.05, 3.63) is 52.6 Å². The third-order valence-corrected chi connectivity index (χ3v) is 4.69. The number of H-pyrrole nitrogens is 1. The first kappa shape index (κ1) is 15.6. The van der Waals surface area contributed by atoms with E-state index in [4.69, 9.17) is 4.74 Å². The molecule has 0 radical (unpaired) electrons. The quantitative estimate of drug-likeness (QED) is 0.729. The first-order chi connectivity index (χ1) is 12.1. The summed E-state index contributed by atoms with van der Waals surface area (Å²) in [7, 11) is 1.41. The highest BCUT2D eigenvalue weighted by Gasteiger charge is 2.24. The fourth-order valence-corrected chi connectivity index (χ4v) is 3.57. The van der Waals surface area contributed by atoms with Crippen LogP contribution >= 0.6 is 0 Å².